The molecule has 0 spiro atoms. The van der Waals surface area contributed by atoms with Crippen LogP contribution in [0.2, 0.25) is 5.02 Å². The van der Waals surface area contributed by atoms with E-state index in [1.807, 2.05) is 0 Å². The standard InChI is InChI=1S/C15H22ClN3/c1-18-6-8-19(9-7-18)15-5-2-12(10-14(15)16)11-17-13-3-4-13/h2,5,10,13,17H,3-4,6-9,11H2,1H3. The summed E-state index contributed by atoms with van der Waals surface area (Å²) in [6.07, 6.45) is 2.65. The molecule has 104 valence electrons. The minimum Gasteiger partial charge on any atom is -0.368 e. The van der Waals surface area contributed by atoms with Gasteiger partial charge in [0.2, 0.25) is 0 Å². The number of likely N-dealkylation sites (N-methyl/N-ethyl adjacent to an activating group) is 1. The van der Waals surface area contributed by atoms with E-state index in [1.54, 1.807) is 0 Å². The number of hydrogen-bond acceptors (Lipinski definition) is 3. The Balaban J connectivity index is 1.64. The third-order valence-electron chi connectivity index (χ3n) is 4.03. The van der Waals surface area contributed by atoms with Crippen molar-refractivity contribution in [2.75, 3.05) is 38.1 Å². The molecule has 2 aliphatic rings. The van der Waals surface area contributed by atoms with Crippen LogP contribution in [0, 0.1) is 0 Å². The lowest BCUT2D eigenvalue weighted by Gasteiger charge is -2.34. The maximum atomic E-state index is 6.45. The minimum absolute atomic E-state index is 0.746. The molecule has 4 heteroatoms. The Bertz CT molecular complexity index is 437. The van der Waals surface area contributed by atoms with E-state index in [2.05, 4.69) is 40.4 Å². The van der Waals surface area contributed by atoms with Crippen molar-refractivity contribution in [3.8, 4) is 0 Å². The topological polar surface area (TPSA) is 18.5 Å². The Morgan fingerprint density at radius 3 is 2.58 bits per heavy atom. The van der Waals surface area contributed by atoms with Crippen LogP contribution in [0.25, 0.3) is 0 Å². The van der Waals surface area contributed by atoms with Gasteiger partial charge in [0.15, 0.2) is 0 Å². The third-order valence-corrected chi connectivity index (χ3v) is 4.33. The van der Waals surface area contributed by atoms with Gasteiger partial charge in [-0.1, -0.05) is 17.7 Å². The number of nitrogens with one attached hydrogen (secondary N) is 1. The van der Waals surface area contributed by atoms with Crippen molar-refractivity contribution in [3.05, 3.63) is 28.8 Å². The Morgan fingerprint density at radius 2 is 1.95 bits per heavy atom. The predicted octanol–water partition coefficient (Wildman–Crippen LogP) is 2.34. The molecule has 0 radical (unpaired) electrons. The fourth-order valence-electron chi connectivity index (χ4n) is 2.51. The van der Waals surface area contributed by atoms with Crippen LogP contribution in [0.1, 0.15) is 18.4 Å². The number of halogens is 1. The van der Waals surface area contributed by atoms with Crippen LogP contribution in [-0.2, 0) is 6.54 Å². The lowest BCUT2D eigenvalue weighted by Crippen LogP contribution is -2.44. The number of rotatable bonds is 4. The lowest BCUT2D eigenvalue weighted by molar-refractivity contribution is 0.313. The van der Waals surface area contributed by atoms with Crippen molar-refractivity contribution in [3.63, 3.8) is 0 Å². The van der Waals surface area contributed by atoms with Crippen LogP contribution in [0.4, 0.5) is 5.69 Å². The van der Waals surface area contributed by atoms with E-state index in [9.17, 15) is 0 Å². The van der Waals surface area contributed by atoms with Gasteiger partial charge in [-0.25, -0.2) is 0 Å². The van der Waals surface area contributed by atoms with Gasteiger partial charge in [-0.3, -0.25) is 0 Å². The molecule has 3 rings (SSSR count). The molecule has 1 saturated heterocycles. The molecule has 1 aliphatic heterocycles. The third kappa shape index (κ3) is 3.41. The molecular weight excluding hydrogens is 258 g/mol. The highest BCUT2D eigenvalue weighted by Crippen LogP contribution is 2.28. The molecule has 3 nitrogen and oxygen atoms in total. The maximum absolute atomic E-state index is 6.45. The van der Waals surface area contributed by atoms with E-state index < -0.39 is 0 Å². The molecule has 0 unspecified atom stereocenters. The summed E-state index contributed by atoms with van der Waals surface area (Å²) in [5, 5.41) is 4.41. The van der Waals surface area contributed by atoms with Crippen molar-refractivity contribution in [2.24, 2.45) is 0 Å². The summed E-state index contributed by atoms with van der Waals surface area (Å²) in [6, 6.07) is 7.24. The molecule has 1 aromatic rings. The number of hydrogen-bond donors (Lipinski definition) is 1. The normalized spacial score (nSPS) is 20.8. The average Bonchev–Trinajstić information content (AvgIpc) is 3.22. The Kier molecular flexibility index (Phi) is 3.96. The van der Waals surface area contributed by atoms with E-state index in [0.29, 0.717) is 0 Å². The monoisotopic (exact) mass is 279 g/mol. The van der Waals surface area contributed by atoms with Gasteiger partial charge in [-0.2, -0.15) is 0 Å². The van der Waals surface area contributed by atoms with Gasteiger partial charge < -0.3 is 15.1 Å². The number of nitrogens with zero attached hydrogens (tertiary/aromatic N) is 2. The molecule has 1 heterocycles. The Labute approximate surface area is 120 Å². The summed E-state index contributed by atoms with van der Waals surface area (Å²) in [5.41, 5.74) is 2.47. The van der Waals surface area contributed by atoms with E-state index >= 15 is 0 Å². The first-order valence-corrected chi connectivity index (χ1v) is 7.55. The fourth-order valence-corrected chi connectivity index (χ4v) is 2.84. The minimum atomic E-state index is 0.746. The highest BCUT2D eigenvalue weighted by atomic mass is 35.5. The van der Waals surface area contributed by atoms with Crippen LogP contribution in [0.3, 0.4) is 0 Å². The molecule has 0 bridgehead atoms. The predicted molar refractivity (Wildman–Crippen MR) is 81.0 cm³/mol. The van der Waals surface area contributed by atoms with Crippen LogP contribution in [-0.4, -0.2) is 44.2 Å². The highest BCUT2D eigenvalue weighted by Gasteiger charge is 2.20. The first-order chi connectivity index (χ1) is 9.22. The second kappa shape index (κ2) is 5.70. The summed E-state index contributed by atoms with van der Waals surface area (Å²) >= 11 is 6.45. The SMILES string of the molecule is CN1CCN(c2ccc(CNC3CC3)cc2Cl)CC1. The molecular formula is C15H22ClN3. The first-order valence-electron chi connectivity index (χ1n) is 7.18. The molecule has 0 aromatic heterocycles. The van der Waals surface area contributed by atoms with Gasteiger partial charge in [0.05, 0.1) is 10.7 Å². The van der Waals surface area contributed by atoms with E-state index in [0.717, 1.165) is 43.8 Å². The molecule has 1 N–H and O–H groups in total. The second-order valence-electron chi connectivity index (χ2n) is 5.73. The van der Waals surface area contributed by atoms with Gasteiger partial charge >= 0.3 is 0 Å². The van der Waals surface area contributed by atoms with Gasteiger partial charge in [-0.05, 0) is 37.6 Å². The fraction of sp³-hybridized carbons (Fsp3) is 0.600. The summed E-state index contributed by atoms with van der Waals surface area (Å²) in [7, 11) is 2.17. The van der Waals surface area contributed by atoms with Crippen molar-refractivity contribution < 1.29 is 0 Å². The quantitative estimate of drug-likeness (QED) is 0.913. The summed E-state index contributed by atoms with van der Waals surface area (Å²) < 4.78 is 0. The summed E-state index contributed by atoms with van der Waals surface area (Å²) in [6.45, 7) is 5.29. The van der Waals surface area contributed by atoms with Gasteiger partial charge in [0.1, 0.15) is 0 Å². The molecule has 2 fully saturated rings. The molecule has 1 aromatic carbocycles. The van der Waals surface area contributed by atoms with Gasteiger partial charge in [0, 0.05) is 38.8 Å². The zero-order chi connectivity index (χ0) is 13.2. The average molecular weight is 280 g/mol. The molecule has 1 aliphatic carbocycles. The largest absolute Gasteiger partial charge is 0.368 e. The Morgan fingerprint density at radius 1 is 1.21 bits per heavy atom. The molecule has 0 amide bonds. The highest BCUT2D eigenvalue weighted by molar-refractivity contribution is 6.33. The smallest absolute Gasteiger partial charge is 0.0642 e. The van der Waals surface area contributed by atoms with Crippen LogP contribution >= 0.6 is 11.6 Å². The Hall–Kier alpha value is -0.770. The second-order valence-corrected chi connectivity index (χ2v) is 6.14. The van der Waals surface area contributed by atoms with Crippen LogP contribution in [0.5, 0.6) is 0 Å². The van der Waals surface area contributed by atoms with Gasteiger partial charge in [0.25, 0.3) is 0 Å². The van der Waals surface area contributed by atoms with Crippen molar-refractivity contribution in [1.29, 1.82) is 0 Å². The van der Waals surface area contributed by atoms with Crippen molar-refractivity contribution in [2.45, 2.75) is 25.4 Å². The van der Waals surface area contributed by atoms with Crippen LogP contribution in [0.15, 0.2) is 18.2 Å². The number of piperazine rings is 1. The first kappa shape index (κ1) is 13.2. The van der Waals surface area contributed by atoms with Crippen LogP contribution < -0.4 is 10.2 Å². The molecule has 19 heavy (non-hydrogen) atoms. The lowest BCUT2D eigenvalue weighted by atomic mass is 10.1. The molecule has 0 atom stereocenters. The zero-order valence-electron chi connectivity index (χ0n) is 11.5. The van der Waals surface area contributed by atoms with E-state index in [-0.39, 0.29) is 0 Å². The van der Waals surface area contributed by atoms with E-state index in [1.165, 1.54) is 24.1 Å². The number of benzene rings is 1. The van der Waals surface area contributed by atoms with Crippen molar-refractivity contribution in [1.82, 2.24) is 10.2 Å². The maximum Gasteiger partial charge on any atom is 0.0642 e. The van der Waals surface area contributed by atoms with Crippen molar-refractivity contribution >= 4 is 17.3 Å². The molecule has 1 saturated carbocycles. The zero-order valence-corrected chi connectivity index (χ0v) is 12.3. The summed E-state index contributed by atoms with van der Waals surface area (Å²) in [5.74, 6) is 0. The van der Waals surface area contributed by atoms with Gasteiger partial charge in [-0.15, -0.1) is 0 Å². The van der Waals surface area contributed by atoms with E-state index in [4.69, 9.17) is 11.6 Å². The summed E-state index contributed by atoms with van der Waals surface area (Å²) in [4.78, 5) is 4.75. The number of anilines is 1.